The molecule has 0 heterocycles. The fourth-order valence-corrected chi connectivity index (χ4v) is 1.78. The summed E-state index contributed by atoms with van der Waals surface area (Å²) in [5.41, 5.74) is 5.57. The van der Waals surface area contributed by atoms with Crippen LogP contribution in [0.25, 0.3) is 5.73 Å². The molecule has 1 aliphatic rings. The normalized spacial score (nSPS) is 36.2. The van der Waals surface area contributed by atoms with Crippen molar-refractivity contribution in [3.8, 4) is 0 Å². The second-order valence-electron chi connectivity index (χ2n) is 3.74. The highest BCUT2D eigenvalue weighted by molar-refractivity contribution is 4.92. The van der Waals surface area contributed by atoms with Gasteiger partial charge in [-0.2, -0.15) is 13.2 Å². The van der Waals surface area contributed by atoms with E-state index in [0.717, 1.165) is 0 Å². The Balaban J connectivity index is 2.62. The molecule has 1 rings (SSSR count). The van der Waals surface area contributed by atoms with E-state index in [1.807, 2.05) is 0 Å². The fourth-order valence-electron chi connectivity index (χ4n) is 1.78. The molecule has 0 amide bonds. The van der Waals surface area contributed by atoms with Crippen LogP contribution in [0.4, 0.5) is 13.2 Å². The highest BCUT2D eigenvalue weighted by Gasteiger charge is 2.45. The largest absolute Gasteiger partial charge is 0.675 e. The molecule has 0 aromatic heterocycles. The smallest absolute Gasteiger partial charge is 0.391 e. The summed E-state index contributed by atoms with van der Waals surface area (Å²) >= 11 is 0. The molecule has 1 aliphatic carbocycles. The van der Waals surface area contributed by atoms with Gasteiger partial charge in [0.05, 0.1) is 5.92 Å². The first kappa shape index (κ1) is 10.8. The van der Waals surface area contributed by atoms with Crippen LogP contribution in [-0.4, -0.2) is 23.4 Å². The molecule has 0 aliphatic heterocycles. The van der Waals surface area contributed by atoms with Crippen LogP contribution >= 0.6 is 0 Å². The standard InChI is InChI=1S/C8H13F3NO/c9-8(10,11)6-2-1-3-7(13,4-6)5-12/h6,12-13H,1-5H2/q-1. The van der Waals surface area contributed by atoms with Crippen molar-refractivity contribution in [1.82, 2.24) is 0 Å². The predicted molar refractivity (Wildman–Crippen MR) is 42.2 cm³/mol. The lowest BCUT2D eigenvalue weighted by Gasteiger charge is -2.39. The average Bonchev–Trinajstić information content (AvgIpc) is 2.03. The molecule has 2 atom stereocenters. The first-order chi connectivity index (χ1) is 5.87. The van der Waals surface area contributed by atoms with Gasteiger partial charge in [-0.15, -0.1) is 6.54 Å². The number of halogens is 3. The molecule has 78 valence electrons. The summed E-state index contributed by atoms with van der Waals surface area (Å²) in [6, 6.07) is 0. The molecule has 0 spiro atoms. The molecule has 2 N–H and O–H groups in total. The van der Waals surface area contributed by atoms with E-state index in [1.165, 1.54) is 0 Å². The molecule has 2 unspecified atom stereocenters. The van der Waals surface area contributed by atoms with Gasteiger partial charge < -0.3 is 10.8 Å². The summed E-state index contributed by atoms with van der Waals surface area (Å²) in [6.07, 6.45) is -3.75. The minimum absolute atomic E-state index is 0.0891. The van der Waals surface area contributed by atoms with Gasteiger partial charge in [0, 0.05) is 5.60 Å². The van der Waals surface area contributed by atoms with Crippen LogP contribution in [0, 0.1) is 5.92 Å². The zero-order chi connectivity index (χ0) is 10.1. The van der Waals surface area contributed by atoms with Crippen molar-refractivity contribution in [1.29, 1.82) is 0 Å². The maximum absolute atomic E-state index is 12.2. The third-order valence-corrected chi connectivity index (χ3v) is 2.61. The minimum Gasteiger partial charge on any atom is -0.675 e. The Morgan fingerprint density at radius 2 is 2.08 bits per heavy atom. The van der Waals surface area contributed by atoms with E-state index in [1.54, 1.807) is 0 Å². The fraction of sp³-hybridized carbons (Fsp3) is 1.00. The van der Waals surface area contributed by atoms with Crippen LogP contribution in [0.3, 0.4) is 0 Å². The van der Waals surface area contributed by atoms with E-state index in [2.05, 4.69) is 0 Å². The van der Waals surface area contributed by atoms with Gasteiger partial charge >= 0.3 is 6.18 Å². The molecule has 2 nitrogen and oxygen atoms in total. The molecule has 0 aromatic rings. The minimum atomic E-state index is -4.22. The molecular formula is C8H13F3NO-. The van der Waals surface area contributed by atoms with Gasteiger partial charge in [-0.3, -0.25) is 0 Å². The van der Waals surface area contributed by atoms with E-state index < -0.39 is 17.7 Å². The van der Waals surface area contributed by atoms with Crippen molar-refractivity contribution >= 4 is 0 Å². The lowest BCUT2D eigenvalue weighted by atomic mass is 9.78. The van der Waals surface area contributed by atoms with Gasteiger partial charge in [0.1, 0.15) is 0 Å². The Bertz CT molecular complexity index is 183. The second-order valence-corrected chi connectivity index (χ2v) is 3.74. The molecule has 0 saturated heterocycles. The van der Waals surface area contributed by atoms with Gasteiger partial charge in [-0.25, -0.2) is 0 Å². The van der Waals surface area contributed by atoms with Gasteiger partial charge in [-0.05, 0) is 19.3 Å². The molecule has 0 bridgehead atoms. The number of alkyl halides is 3. The van der Waals surface area contributed by atoms with Crippen LogP contribution in [0.1, 0.15) is 25.7 Å². The molecule has 13 heavy (non-hydrogen) atoms. The van der Waals surface area contributed by atoms with Crippen molar-refractivity contribution in [3.63, 3.8) is 0 Å². The Morgan fingerprint density at radius 3 is 2.54 bits per heavy atom. The zero-order valence-corrected chi connectivity index (χ0v) is 7.19. The number of hydrogen-bond donors (Lipinski definition) is 1. The lowest BCUT2D eigenvalue weighted by Crippen LogP contribution is -2.42. The summed E-state index contributed by atoms with van der Waals surface area (Å²) < 4.78 is 36.7. The maximum Gasteiger partial charge on any atom is 0.391 e. The van der Waals surface area contributed by atoms with E-state index in [0.29, 0.717) is 12.8 Å². The van der Waals surface area contributed by atoms with E-state index in [9.17, 15) is 18.3 Å². The first-order valence-electron chi connectivity index (χ1n) is 4.31. The Hall–Kier alpha value is -0.290. The van der Waals surface area contributed by atoms with Crippen molar-refractivity contribution in [2.75, 3.05) is 6.54 Å². The van der Waals surface area contributed by atoms with Crippen molar-refractivity contribution in [2.45, 2.75) is 37.5 Å². The van der Waals surface area contributed by atoms with Crippen LogP contribution < -0.4 is 0 Å². The highest BCUT2D eigenvalue weighted by Crippen LogP contribution is 2.41. The Morgan fingerprint density at radius 1 is 1.46 bits per heavy atom. The van der Waals surface area contributed by atoms with E-state index in [-0.39, 0.29) is 19.4 Å². The van der Waals surface area contributed by atoms with Crippen molar-refractivity contribution < 1.29 is 18.3 Å². The predicted octanol–water partition coefficient (Wildman–Crippen LogP) is 2.52. The highest BCUT2D eigenvalue weighted by atomic mass is 19.4. The number of hydrogen-bond acceptors (Lipinski definition) is 1. The summed E-state index contributed by atoms with van der Waals surface area (Å²) in [5, 5.41) is 9.53. The molecule has 5 heteroatoms. The second kappa shape index (κ2) is 3.46. The quantitative estimate of drug-likeness (QED) is 0.688. The topological polar surface area (TPSA) is 44.0 Å². The van der Waals surface area contributed by atoms with E-state index >= 15 is 0 Å². The third-order valence-electron chi connectivity index (χ3n) is 2.61. The van der Waals surface area contributed by atoms with Crippen molar-refractivity contribution in [3.05, 3.63) is 5.73 Å². The van der Waals surface area contributed by atoms with E-state index in [4.69, 9.17) is 5.73 Å². The van der Waals surface area contributed by atoms with Gasteiger partial charge in [0.25, 0.3) is 0 Å². The average molecular weight is 196 g/mol. The summed E-state index contributed by atoms with van der Waals surface area (Å²) in [6.45, 7) is -0.334. The van der Waals surface area contributed by atoms with Crippen LogP contribution in [0.15, 0.2) is 0 Å². The number of rotatable bonds is 1. The van der Waals surface area contributed by atoms with Crippen LogP contribution in [0.2, 0.25) is 0 Å². The van der Waals surface area contributed by atoms with Crippen LogP contribution in [0.5, 0.6) is 0 Å². The number of aliphatic hydroxyl groups is 1. The zero-order valence-electron chi connectivity index (χ0n) is 7.19. The SMILES string of the molecule is [NH-]CC1(O)CCCC(C(F)(F)F)C1. The molecule has 0 radical (unpaired) electrons. The first-order valence-corrected chi connectivity index (χ1v) is 4.31. The van der Waals surface area contributed by atoms with Gasteiger partial charge in [0.2, 0.25) is 0 Å². The third kappa shape index (κ3) is 2.57. The Kier molecular flexibility index (Phi) is 2.87. The monoisotopic (exact) mass is 196 g/mol. The summed E-state index contributed by atoms with van der Waals surface area (Å²) in [4.78, 5) is 0. The summed E-state index contributed by atoms with van der Waals surface area (Å²) in [5.74, 6) is -1.42. The summed E-state index contributed by atoms with van der Waals surface area (Å²) in [7, 11) is 0. The Labute approximate surface area is 74.9 Å². The van der Waals surface area contributed by atoms with Crippen molar-refractivity contribution in [2.24, 2.45) is 5.92 Å². The molecular weight excluding hydrogens is 183 g/mol. The van der Waals surface area contributed by atoms with Gasteiger partial charge in [-0.1, -0.05) is 6.42 Å². The molecule has 0 aromatic carbocycles. The lowest BCUT2D eigenvalue weighted by molar-refractivity contribution is -0.198. The molecule has 1 fully saturated rings. The number of nitrogens with one attached hydrogen (secondary N) is 1. The van der Waals surface area contributed by atoms with Gasteiger partial charge in [0.15, 0.2) is 0 Å². The molecule has 1 saturated carbocycles. The van der Waals surface area contributed by atoms with Crippen LogP contribution in [-0.2, 0) is 0 Å². The maximum atomic E-state index is 12.2.